The first-order valence-electron chi connectivity index (χ1n) is 6.45. The third kappa shape index (κ3) is 3.60. The number of hydrogen-bond donors (Lipinski definition) is 1. The minimum absolute atomic E-state index is 0.190. The first-order chi connectivity index (χ1) is 9.35. The van der Waals surface area contributed by atoms with Crippen LogP contribution in [0, 0.1) is 0 Å². The molecule has 20 heavy (non-hydrogen) atoms. The summed E-state index contributed by atoms with van der Waals surface area (Å²) in [5.41, 5.74) is 6.62. The third-order valence-electron chi connectivity index (χ3n) is 2.60. The fraction of sp³-hybridized carbons (Fsp3) is 0.333. The van der Waals surface area contributed by atoms with Crippen molar-refractivity contribution in [1.29, 1.82) is 0 Å². The van der Waals surface area contributed by atoms with Crippen molar-refractivity contribution in [2.24, 2.45) is 0 Å². The monoisotopic (exact) mass is 273 g/mol. The number of ether oxygens (including phenoxy) is 1. The van der Waals surface area contributed by atoms with E-state index in [1.54, 1.807) is 10.9 Å². The van der Waals surface area contributed by atoms with Crippen LogP contribution < -0.4 is 5.73 Å². The summed E-state index contributed by atoms with van der Waals surface area (Å²) in [7, 11) is 0. The molecule has 1 aromatic heterocycles. The van der Waals surface area contributed by atoms with Crippen molar-refractivity contribution in [3.05, 3.63) is 47.7 Å². The van der Waals surface area contributed by atoms with Crippen LogP contribution in [0.1, 0.15) is 36.7 Å². The predicted molar refractivity (Wildman–Crippen MR) is 77.4 cm³/mol. The number of benzene rings is 1. The van der Waals surface area contributed by atoms with Gasteiger partial charge >= 0.3 is 5.97 Å². The minimum Gasteiger partial charge on any atom is -0.456 e. The Morgan fingerprint density at radius 3 is 2.55 bits per heavy atom. The SMILES string of the molecule is CC(C)(C)OC(=O)c1cn(Cc2ccccc2)nc1N. The molecule has 5 heteroatoms. The van der Waals surface area contributed by atoms with Crippen molar-refractivity contribution in [3.63, 3.8) is 0 Å². The summed E-state index contributed by atoms with van der Waals surface area (Å²) in [5, 5.41) is 4.15. The van der Waals surface area contributed by atoms with Crippen molar-refractivity contribution >= 4 is 11.8 Å². The Balaban J connectivity index is 2.15. The molecule has 0 saturated heterocycles. The maximum Gasteiger partial charge on any atom is 0.344 e. The Morgan fingerprint density at radius 1 is 1.30 bits per heavy atom. The zero-order valence-corrected chi connectivity index (χ0v) is 12.0. The Labute approximate surface area is 118 Å². The van der Waals surface area contributed by atoms with Crippen LogP contribution in [0.5, 0.6) is 0 Å². The minimum atomic E-state index is -0.551. The van der Waals surface area contributed by atoms with Crippen molar-refractivity contribution in [1.82, 2.24) is 9.78 Å². The molecule has 0 aliphatic heterocycles. The smallest absolute Gasteiger partial charge is 0.344 e. The number of nitrogen functional groups attached to an aromatic ring is 1. The standard InChI is InChI=1S/C15H19N3O2/c1-15(2,3)20-14(19)12-10-18(17-13(12)16)9-11-7-5-4-6-8-11/h4-8,10H,9H2,1-3H3,(H2,16,17). The predicted octanol–water partition coefficient (Wildman–Crippen LogP) is 2.47. The van der Waals surface area contributed by atoms with Gasteiger partial charge in [-0.25, -0.2) is 4.79 Å². The van der Waals surface area contributed by atoms with Gasteiger partial charge in [0.25, 0.3) is 0 Å². The highest BCUT2D eigenvalue weighted by Gasteiger charge is 2.22. The highest BCUT2D eigenvalue weighted by Crippen LogP contribution is 2.16. The number of carbonyl (C=O) groups excluding carboxylic acids is 1. The second kappa shape index (κ2) is 5.36. The molecule has 106 valence electrons. The second-order valence-corrected chi connectivity index (χ2v) is 5.61. The van der Waals surface area contributed by atoms with Crippen molar-refractivity contribution < 1.29 is 9.53 Å². The Kier molecular flexibility index (Phi) is 3.79. The van der Waals surface area contributed by atoms with E-state index in [2.05, 4.69) is 5.10 Å². The molecule has 0 aliphatic rings. The molecule has 0 saturated carbocycles. The van der Waals surface area contributed by atoms with Crippen LogP contribution in [0.15, 0.2) is 36.5 Å². The van der Waals surface area contributed by atoms with Crippen LogP contribution in [0.25, 0.3) is 0 Å². The molecule has 2 aromatic rings. The van der Waals surface area contributed by atoms with Gasteiger partial charge in [0.1, 0.15) is 11.2 Å². The number of nitrogens with zero attached hydrogens (tertiary/aromatic N) is 2. The molecule has 0 spiro atoms. The maximum atomic E-state index is 12.0. The lowest BCUT2D eigenvalue weighted by molar-refractivity contribution is 0.00707. The summed E-state index contributed by atoms with van der Waals surface area (Å²) in [6.45, 7) is 6.01. The zero-order valence-electron chi connectivity index (χ0n) is 12.0. The average Bonchev–Trinajstić information content (AvgIpc) is 2.69. The first-order valence-corrected chi connectivity index (χ1v) is 6.45. The van der Waals surface area contributed by atoms with Crippen LogP contribution in [-0.2, 0) is 11.3 Å². The van der Waals surface area contributed by atoms with Gasteiger partial charge in [0.15, 0.2) is 5.82 Å². The van der Waals surface area contributed by atoms with Crippen LogP contribution in [0.2, 0.25) is 0 Å². The normalized spacial score (nSPS) is 11.3. The summed E-state index contributed by atoms with van der Waals surface area (Å²) < 4.78 is 6.94. The average molecular weight is 273 g/mol. The van der Waals surface area contributed by atoms with Gasteiger partial charge in [-0.1, -0.05) is 30.3 Å². The zero-order chi connectivity index (χ0) is 14.8. The first kappa shape index (κ1) is 14.1. The lowest BCUT2D eigenvalue weighted by Gasteiger charge is -2.18. The van der Waals surface area contributed by atoms with Gasteiger partial charge in [0.05, 0.1) is 6.54 Å². The van der Waals surface area contributed by atoms with Crippen LogP contribution in [0.3, 0.4) is 0 Å². The van der Waals surface area contributed by atoms with Crippen molar-refractivity contribution in [2.75, 3.05) is 5.73 Å². The molecule has 1 aromatic carbocycles. The lowest BCUT2D eigenvalue weighted by Crippen LogP contribution is -2.24. The van der Waals surface area contributed by atoms with E-state index in [4.69, 9.17) is 10.5 Å². The molecule has 0 unspecified atom stereocenters. The van der Waals surface area contributed by atoms with Gasteiger partial charge in [-0.15, -0.1) is 0 Å². The highest BCUT2D eigenvalue weighted by atomic mass is 16.6. The second-order valence-electron chi connectivity index (χ2n) is 5.61. The van der Waals surface area contributed by atoms with Crippen LogP contribution in [-0.4, -0.2) is 21.4 Å². The molecule has 5 nitrogen and oxygen atoms in total. The number of rotatable bonds is 3. The fourth-order valence-corrected chi connectivity index (χ4v) is 1.78. The molecule has 0 amide bonds. The number of aromatic nitrogens is 2. The summed E-state index contributed by atoms with van der Waals surface area (Å²) in [5.74, 6) is -0.260. The number of nitrogens with two attached hydrogens (primary N) is 1. The third-order valence-corrected chi connectivity index (χ3v) is 2.60. The largest absolute Gasteiger partial charge is 0.456 e. The number of carbonyl (C=O) groups is 1. The van der Waals surface area contributed by atoms with E-state index < -0.39 is 11.6 Å². The fourth-order valence-electron chi connectivity index (χ4n) is 1.78. The maximum absolute atomic E-state index is 12.0. The van der Waals surface area contributed by atoms with Crippen LogP contribution in [0.4, 0.5) is 5.82 Å². The van der Waals surface area contributed by atoms with Gasteiger partial charge < -0.3 is 10.5 Å². The van der Waals surface area contributed by atoms with Crippen molar-refractivity contribution in [2.45, 2.75) is 32.9 Å². The van der Waals surface area contributed by atoms with E-state index in [1.807, 2.05) is 51.1 Å². The summed E-state index contributed by atoms with van der Waals surface area (Å²) >= 11 is 0. The Hall–Kier alpha value is -2.30. The highest BCUT2D eigenvalue weighted by molar-refractivity contribution is 5.94. The van der Waals surface area contributed by atoms with E-state index in [1.165, 1.54) is 0 Å². The number of hydrogen-bond acceptors (Lipinski definition) is 4. The Bertz CT molecular complexity index is 597. The van der Waals surface area contributed by atoms with Crippen LogP contribution >= 0.6 is 0 Å². The summed E-state index contributed by atoms with van der Waals surface area (Å²) in [4.78, 5) is 12.0. The van der Waals surface area contributed by atoms with E-state index in [9.17, 15) is 4.79 Å². The van der Waals surface area contributed by atoms with E-state index in [-0.39, 0.29) is 5.82 Å². The molecular formula is C15H19N3O2. The molecule has 2 N–H and O–H groups in total. The Morgan fingerprint density at radius 2 is 1.95 bits per heavy atom. The molecule has 0 bridgehead atoms. The molecular weight excluding hydrogens is 254 g/mol. The van der Waals surface area contributed by atoms with Gasteiger partial charge in [-0.2, -0.15) is 5.10 Å². The van der Waals surface area contributed by atoms with E-state index in [0.29, 0.717) is 12.1 Å². The van der Waals surface area contributed by atoms with Gasteiger partial charge in [0, 0.05) is 6.20 Å². The number of anilines is 1. The lowest BCUT2D eigenvalue weighted by atomic mass is 10.2. The molecule has 1 heterocycles. The van der Waals surface area contributed by atoms with Crippen molar-refractivity contribution in [3.8, 4) is 0 Å². The molecule has 0 radical (unpaired) electrons. The van der Waals surface area contributed by atoms with E-state index in [0.717, 1.165) is 5.56 Å². The number of esters is 1. The van der Waals surface area contributed by atoms with Gasteiger partial charge in [0.2, 0.25) is 0 Å². The van der Waals surface area contributed by atoms with E-state index >= 15 is 0 Å². The topological polar surface area (TPSA) is 70.1 Å². The summed E-state index contributed by atoms with van der Waals surface area (Å²) in [6.07, 6.45) is 1.62. The molecule has 2 rings (SSSR count). The molecule has 0 fully saturated rings. The van der Waals surface area contributed by atoms with Gasteiger partial charge in [-0.3, -0.25) is 4.68 Å². The summed E-state index contributed by atoms with van der Waals surface area (Å²) in [6, 6.07) is 9.84. The molecule has 0 atom stereocenters. The molecule has 0 aliphatic carbocycles. The quantitative estimate of drug-likeness (QED) is 0.872. The van der Waals surface area contributed by atoms with Gasteiger partial charge in [-0.05, 0) is 26.3 Å².